The fourth-order valence-corrected chi connectivity index (χ4v) is 2.61. The Kier molecular flexibility index (Phi) is 5.81. The van der Waals surface area contributed by atoms with E-state index in [1.165, 1.54) is 24.3 Å². The maximum absolute atomic E-state index is 12.3. The third kappa shape index (κ3) is 5.04. The molecule has 0 aromatic heterocycles. The lowest BCUT2D eigenvalue weighted by Gasteiger charge is -2.08. The maximum Gasteiger partial charge on any atom is 0.335 e. The van der Waals surface area contributed by atoms with Crippen molar-refractivity contribution >= 4 is 29.2 Å². The first-order chi connectivity index (χ1) is 13.5. The van der Waals surface area contributed by atoms with Gasteiger partial charge >= 0.3 is 12.0 Å². The summed E-state index contributed by atoms with van der Waals surface area (Å²) in [7, 11) is 0. The number of urea groups is 1. The quantitative estimate of drug-likeness (QED) is 0.555. The number of hydrogen-bond acceptors (Lipinski definition) is 3. The summed E-state index contributed by atoms with van der Waals surface area (Å²) >= 11 is 0. The van der Waals surface area contributed by atoms with Gasteiger partial charge in [0.2, 0.25) is 0 Å². The molecule has 0 heterocycles. The Morgan fingerprint density at radius 2 is 1.21 bits per heavy atom. The molecule has 0 aliphatic heterocycles. The lowest BCUT2D eigenvalue weighted by Crippen LogP contribution is -2.19. The highest BCUT2D eigenvalue weighted by Gasteiger charge is 2.09. The first-order valence-corrected chi connectivity index (χ1v) is 8.60. The van der Waals surface area contributed by atoms with Crippen molar-refractivity contribution < 1.29 is 19.5 Å². The van der Waals surface area contributed by atoms with Gasteiger partial charge in [-0.3, -0.25) is 4.79 Å². The minimum atomic E-state index is -1.03. The van der Waals surface area contributed by atoms with Gasteiger partial charge in [-0.2, -0.15) is 0 Å². The molecule has 0 saturated heterocycles. The molecule has 3 aromatic carbocycles. The Balaban J connectivity index is 1.57. The lowest BCUT2D eigenvalue weighted by molar-refractivity contribution is 0.0696. The normalized spacial score (nSPS) is 10.1. The summed E-state index contributed by atoms with van der Waals surface area (Å²) in [5.41, 5.74) is 2.68. The van der Waals surface area contributed by atoms with Crippen molar-refractivity contribution in [2.75, 3.05) is 10.6 Å². The summed E-state index contributed by atoms with van der Waals surface area (Å²) in [6.45, 7) is 0. The van der Waals surface area contributed by atoms with Gasteiger partial charge < -0.3 is 15.7 Å². The van der Waals surface area contributed by atoms with Crippen LogP contribution in [0.1, 0.15) is 26.3 Å². The first-order valence-electron chi connectivity index (χ1n) is 8.60. The fraction of sp³-hybridized carbons (Fsp3) is 0.0455. The number of nitrogens with one attached hydrogen (secondary N) is 2. The van der Waals surface area contributed by atoms with Crippen molar-refractivity contribution in [1.29, 1.82) is 0 Å². The van der Waals surface area contributed by atoms with Gasteiger partial charge in [0.1, 0.15) is 0 Å². The minimum absolute atomic E-state index is 0.112. The van der Waals surface area contributed by atoms with E-state index in [1.807, 2.05) is 18.2 Å². The van der Waals surface area contributed by atoms with Gasteiger partial charge in [-0.05, 0) is 42.0 Å². The van der Waals surface area contributed by atoms with E-state index < -0.39 is 5.97 Å². The first kappa shape index (κ1) is 18.8. The Morgan fingerprint density at radius 1 is 0.679 bits per heavy atom. The van der Waals surface area contributed by atoms with Crippen molar-refractivity contribution in [1.82, 2.24) is 0 Å². The molecule has 0 atom stereocenters. The number of ketones is 1. The van der Waals surface area contributed by atoms with Gasteiger partial charge in [0.15, 0.2) is 5.78 Å². The Bertz CT molecular complexity index is 981. The van der Waals surface area contributed by atoms with Crippen LogP contribution in [-0.2, 0) is 6.42 Å². The summed E-state index contributed by atoms with van der Waals surface area (Å²) in [6.07, 6.45) is 0.183. The van der Waals surface area contributed by atoms with E-state index in [2.05, 4.69) is 10.6 Å². The van der Waals surface area contributed by atoms with E-state index in [1.54, 1.807) is 36.4 Å². The number of carboxylic acid groups (broad SMARTS) is 1. The zero-order valence-electron chi connectivity index (χ0n) is 14.9. The summed E-state index contributed by atoms with van der Waals surface area (Å²) in [6, 6.07) is 21.6. The van der Waals surface area contributed by atoms with Crippen LogP contribution in [0, 0.1) is 0 Å². The van der Waals surface area contributed by atoms with Gasteiger partial charge in [0, 0.05) is 23.4 Å². The average molecular weight is 374 g/mol. The van der Waals surface area contributed by atoms with E-state index in [0.717, 1.165) is 5.56 Å². The summed E-state index contributed by atoms with van der Waals surface area (Å²) in [5.74, 6) is -1.14. The van der Waals surface area contributed by atoms with Crippen LogP contribution in [-0.4, -0.2) is 22.9 Å². The van der Waals surface area contributed by atoms with Crippen molar-refractivity contribution in [2.45, 2.75) is 6.42 Å². The second-order valence-corrected chi connectivity index (χ2v) is 6.12. The second-order valence-electron chi connectivity index (χ2n) is 6.12. The number of aromatic carboxylic acids is 1. The van der Waals surface area contributed by atoms with Crippen molar-refractivity contribution in [3.63, 3.8) is 0 Å². The van der Waals surface area contributed by atoms with Crippen LogP contribution >= 0.6 is 0 Å². The van der Waals surface area contributed by atoms with Gasteiger partial charge in [0.05, 0.1) is 5.56 Å². The largest absolute Gasteiger partial charge is 0.478 e. The van der Waals surface area contributed by atoms with Crippen LogP contribution in [0.3, 0.4) is 0 Å². The molecule has 0 aliphatic rings. The molecule has 3 aromatic rings. The molecule has 6 heteroatoms. The fourth-order valence-electron chi connectivity index (χ4n) is 2.61. The summed E-state index contributed by atoms with van der Waals surface area (Å²) in [5, 5.41) is 14.4. The topological polar surface area (TPSA) is 95.5 Å². The van der Waals surface area contributed by atoms with E-state index in [0.29, 0.717) is 16.9 Å². The van der Waals surface area contributed by atoms with Gasteiger partial charge in [-0.15, -0.1) is 0 Å². The number of hydrogen-bond donors (Lipinski definition) is 3. The molecule has 0 fully saturated rings. The van der Waals surface area contributed by atoms with Crippen molar-refractivity contribution in [3.8, 4) is 0 Å². The Morgan fingerprint density at radius 3 is 1.79 bits per heavy atom. The standard InChI is InChI=1S/C22H18N2O4/c25-20(16-8-10-17(11-9-16)21(26)27)14-15-6-12-19(13-7-15)24-22(28)23-18-4-2-1-3-5-18/h1-13H,14H2,(H,26,27)(H2,23,24,28). The van der Waals surface area contributed by atoms with Crippen molar-refractivity contribution in [3.05, 3.63) is 95.6 Å². The molecule has 0 spiro atoms. The summed E-state index contributed by atoms with van der Waals surface area (Å²) < 4.78 is 0. The molecular formula is C22H18N2O4. The number of benzene rings is 3. The molecule has 0 bridgehead atoms. The molecular weight excluding hydrogens is 356 g/mol. The molecule has 140 valence electrons. The average Bonchev–Trinajstić information content (AvgIpc) is 2.70. The van der Waals surface area contributed by atoms with Crippen LogP contribution < -0.4 is 10.6 Å². The number of anilines is 2. The molecule has 2 amide bonds. The van der Waals surface area contributed by atoms with Crippen LogP contribution in [0.25, 0.3) is 0 Å². The number of carbonyl (C=O) groups is 3. The highest BCUT2D eigenvalue weighted by Crippen LogP contribution is 2.14. The molecule has 0 aliphatic carbocycles. The van der Waals surface area contributed by atoms with Gasteiger partial charge in [-0.1, -0.05) is 42.5 Å². The molecule has 6 nitrogen and oxygen atoms in total. The van der Waals surface area contributed by atoms with Crippen LogP contribution in [0.5, 0.6) is 0 Å². The SMILES string of the molecule is O=C(Nc1ccccc1)Nc1ccc(CC(=O)c2ccc(C(=O)O)cc2)cc1. The Hall–Kier alpha value is -3.93. The minimum Gasteiger partial charge on any atom is -0.478 e. The van der Waals surface area contributed by atoms with E-state index in [4.69, 9.17) is 5.11 Å². The molecule has 3 rings (SSSR count). The predicted octanol–water partition coefficient (Wildman–Crippen LogP) is 4.45. The van der Waals surface area contributed by atoms with Crippen LogP contribution in [0.2, 0.25) is 0 Å². The number of carbonyl (C=O) groups excluding carboxylic acids is 2. The van der Waals surface area contributed by atoms with E-state index in [9.17, 15) is 14.4 Å². The number of amides is 2. The molecule has 0 saturated carbocycles. The summed E-state index contributed by atoms with van der Waals surface area (Å²) in [4.78, 5) is 35.2. The molecule has 3 N–H and O–H groups in total. The highest BCUT2D eigenvalue weighted by molar-refractivity contribution is 6.00. The maximum atomic E-state index is 12.3. The van der Waals surface area contributed by atoms with Gasteiger partial charge in [-0.25, -0.2) is 9.59 Å². The highest BCUT2D eigenvalue weighted by atomic mass is 16.4. The van der Waals surface area contributed by atoms with Crippen molar-refractivity contribution in [2.24, 2.45) is 0 Å². The van der Waals surface area contributed by atoms with Crippen LogP contribution in [0.4, 0.5) is 16.2 Å². The number of rotatable bonds is 6. The molecule has 0 radical (unpaired) electrons. The number of Topliss-reactive ketones (excluding diaryl/α,β-unsaturated/α-hetero) is 1. The monoisotopic (exact) mass is 374 g/mol. The third-order valence-corrected chi connectivity index (χ3v) is 4.06. The smallest absolute Gasteiger partial charge is 0.335 e. The zero-order valence-corrected chi connectivity index (χ0v) is 14.9. The number of carboxylic acids is 1. The number of para-hydroxylation sites is 1. The molecule has 28 heavy (non-hydrogen) atoms. The van der Waals surface area contributed by atoms with Crippen LogP contribution in [0.15, 0.2) is 78.9 Å². The lowest BCUT2D eigenvalue weighted by atomic mass is 10.0. The second kappa shape index (κ2) is 8.64. The van der Waals surface area contributed by atoms with E-state index >= 15 is 0 Å². The molecule has 0 unspecified atom stereocenters. The zero-order chi connectivity index (χ0) is 19.9. The van der Waals surface area contributed by atoms with Gasteiger partial charge in [0.25, 0.3) is 0 Å². The Labute approximate surface area is 161 Å². The van der Waals surface area contributed by atoms with E-state index in [-0.39, 0.29) is 23.8 Å². The third-order valence-electron chi connectivity index (χ3n) is 4.06. The predicted molar refractivity (Wildman–Crippen MR) is 107 cm³/mol.